The van der Waals surface area contributed by atoms with Gasteiger partial charge < -0.3 is 24.7 Å². The van der Waals surface area contributed by atoms with Crippen molar-refractivity contribution < 1.29 is 13.9 Å². The topological polar surface area (TPSA) is 134 Å². The largest absolute Gasteiger partial charge is 0.461 e. The average Bonchev–Trinajstić information content (AvgIpc) is 3.68. The fraction of sp³-hybridized carbons (Fsp3) is 0.609. The summed E-state index contributed by atoms with van der Waals surface area (Å²) in [5, 5.41) is 4.36. The predicted octanol–water partition coefficient (Wildman–Crippen LogP) is -0.193. The van der Waals surface area contributed by atoms with Crippen molar-refractivity contribution in [1.82, 2.24) is 39.3 Å². The highest BCUT2D eigenvalue weighted by Gasteiger charge is 2.37. The van der Waals surface area contributed by atoms with Crippen molar-refractivity contribution >= 4 is 23.6 Å². The van der Waals surface area contributed by atoms with E-state index in [9.17, 15) is 4.79 Å². The Balaban J connectivity index is 1.10. The Bertz CT molecular complexity index is 1180. The number of furan rings is 1. The molecular weight excluding hydrogens is 464 g/mol. The Morgan fingerprint density at radius 2 is 1.78 bits per heavy atom. The quantitative estimate of drug-likeness (QED) is 0.486. The lowest BCUT2D eigenvalue weighted by molar-refractivity contribution is -0.134. The molecule has 0 aliphatic carbocycles. The number of fused-ring (bicyclic) bond motifs is 1. The summed E-state index contributed by atoms with van der Waals surface area (Å²) in [6, 6.07) is 3.25. The van der Waals surface area contributed by atoms with E-state index in [0.717, 1.165) is 78.4 Å². The molecule has 0 unspecified atom stereocenters. The van der Waals surface area contributed by atoms with Crippen molar-refractivity contribution in [3.8, 4) is 11.6 Å². The van der Waals surface area contributed by atoms with Crippen LogP contribution in [0.25, 0.3) is 17.4 Å². The van der Waals surface area contributed by atoms with Gasteiger partial charge in [-0.15, -0.1) is 5.10 Å². The molecule has 2 N–H and O–H groups in total. The molecule has 13 nitrogen and oxygen atoms in total. The first-order chi connectivity index (χ1) is 17.7. The number of hydrogen-bond acceptors (Lipinski definition) is 11. The lowest BCUT2D eigenvalue weighted by atomic mass is 10.1. The maximum atomic E-state index is 13.5. The van der Waals surface area contributed by atoms with Gasteiger partial charge in [0.1, 0.15) is 6.04 Å². The number of anilines is 2. The van der Waals surface area contributed by atoms with E-state index in [-0.39, 0.29) is 17.9 Å². The average molecular weight is 497 g/mol. The normalized spacial score (nSPS) is 22.1. The van der Waals surface area contributed by atoms with Crippen LogP contribution in [-0.2, 0) is 9.53 Å². The highest BCUT2D eigenvalue weighted by Crippen LogP contribution is 2.26. The minimum absolute atomic E-state index is 0.139. The van der Waals surface area contributed by atoms with Crippen LogP contribution in [0.2, 0.25) is 0 Å². The number of amides is 1. The first-order valence-corrected chi connectivity index (χ1v) is 12.7. The molecule has 0 spiro atoms. The summed E-state index contributed by atoms with van der Waals surface area (Å²) in [7, 11) is 0. The second kappa shape index (κ2) is 9.99. The van der Waals surface area contributed by atoms with Crippen molar-refractivity contribution in [3.05, 3.63) is 18.4 Å². The predicted molar refractivity (Wildman–Crippen MR) is 131 cm³/mol. The molecule has 3 aromatic rings. The van der Waals surface area contributed by atoms with Crippen LogP contribution in [0.15, 0.2) is 22.8 Å². The molecule has 3 fully saturated rings. The number of ether oxygens (including phenoxy) is 1. The van der Waals surface area contributed by atoms with Gasteiger partial charge in [0.15, 0.2) is 5.76 Å². The summed E-state index contributed by atoms with van der Waals surface area (Å²) in [5.74, 6) is 1.97. The molecule has 3 saturated heterocycles. The van der Waals surface area contributed by atoms with Crippen molar-refractivity contribution in [2.24, 2.45) is 0 Å². The van der Waals surface area contributed by atoms with Crippen LogP contribution >= 0.6 is 0 Å². The summed E-state index contributed by atoms with van der Waals surface area (Å²) >= 11 is 0. The monoisotopic (exact) mass is 496 g/mol. The molecule has 36 heavy (non-hydrogen) atoms. The van der Waals surface area contributed by atoms with Gasteiger partial charge in [0.25, 0.3) is 5.78 Å². The van der Waals surface area contributed by atoms with Crippen molar-refractivity contribution in [1.29, 1.82) is 0 Å². The van der Waals surface area contributed by atoms with E-state index in [0.29, 0.717) is 29.9 Å². The maximum absolute atomic E-state index is 13.5. The second-order valence-corrected chi connectivity index (χ2v) is 9.48. The lowest BCUT2D eigenvalue weighted by Gasteiger charge is -2.38. The van der Waals surface area contributed by atoms with E-state index in [1.807, 2.05) is 9.80 Å². The zero-order valence-electron chi connectivity index (χ0n) is 20.3. The number of rotatable bonds is 6. The van der Waals surface area contributed by atoms with E-state index in [2.05, 4.69) is 29.9 Å². The van der Waals surface area contributed by atoms with Gasteiger partial charge >= 0.3 is 0 Å². The van der Waals surface area contributed by atoms with Gasteiger partial charge in [-0.2, -0.15) is 19.5 Å². The van der Waals surface area contributed by atoms with E-state index in [1.165, 1.54) is 4.52 Å². The number of carbonyl (C=O) groups is 1. The van der Waals surface area contributed by atoms with Crippen LogP contribution in [-0.4, -0.2) is 123 Å². The maximum Gasteiger partial charge on any atom is 0.259 e. The van der Waals surface area contributed by atoms with Gasteiger partial charge in [0.05, 0.1) is 19.5 Å². The Labute approximate surface area is 208 Å². The molecule has 0 radical (unpaired) electrons. The van der Waals surface area contributed by atoms with Crippen LogP contribution < -0.4 is 10.6 Å². The van der Waals surface area contributed by atoms with Gasteiger partial charge in [-0.3, -0.25) is 14.6 Å². The molecule has 6 heterocycles. The molecule has 3 aliphatic heterocycles. The van der Waals surface area contributed by atoms with Crippen molar-refractivity contribution in [3.63, 3.8) is 0 Å². The van der Waals surface area contributed by atoms with Gasteiger partial charge in [-0.05, 0) is 25.0 Å². The standard InChI is InChI=1S/C23H32N10O3/c24-21-26-22(27-23-25-19(28-33(21)23)18-4-2-14-36-18)32-5-1-3-17(32)20(34)31-10-8-29(9-11-31)6-7-30-12-15-35-16-13-30/h2,4,14,17H,1,3,5-13,15-16H2,(H2,24,25,26,27,28)/t17-/m0/s1. The van der Waals surface area contributed by atoms with Gasteiger partial charge in [0, 0.05) is 58.9 Å². The van der Waals surface area contributed by atoms with Crippen molar-refractivity contribution in [2.45, 2.75) is 18.9 Å². The Kier molecular flexibility index (Phi) is 6.42. The van der Waals surface area contributed by atoms with Gasteiger partial charge in [0.2, 0.25) is 23.6 Å². The molecule has 1 atom stereocenters. The molecule has 3 aliphatic rings. The highest BCUT2D eigenvalue weighted by atomic mass is 16.5. The fourth-order valence-corrected chi connectivity index (χ4v) is 5.21. The first-order valence-electron chi connectivity index (χ1n) is 12.7. The number of nitrogens with zero attached hydrogens (tertiary/aromatic N) is 9. The lowest BCUT2D eigenvalue weighted by Crippen LogP contribution is -2.55. The minimum atomic E-state index is -0.292. The first kappa shape index (κ1) is 23.1. The van der Waals surface area contributed by atoms with Crippen LogP contribution in [0.3, 0.4) is 0 Å². The summed E-state index contributed by atoms with van der Waals surface area (Å²) in [6.07, 6.45) is 3.23. The van der Waals surface area contributed by atoms with E-state index in [4.69, 9.17) is 14.9 Å². The van der Waals surface area contributed by atoms with E-state index < -0.39 is 0 Å². The smallest absolute Gasteiger partial charge is 0.259 e. The number of morpholine rings is 1. The highest BCUT2D eigenvalue weighted by molar-refractivity contribution is 5.85. The zero-order chi connectivity index (χ0) is 24.5. The fourth-order valence-electron chi connectivity index (χ4n) is 5.21. The summed E-state index contributed by atoms with van der Waals surface area (Å²) < 4.78 is 12.2. The Morgan fingerprint density at radius 1 is 1.00 bits per heavy atom. The Morgan fingerprint density at radius 3 is 2.53 bits per heavy atom. The second-order valence-electron chi connectivity index (χ2n) is 9.48. The molecule has 0 saturated carbocycles. The number of nitrogen functional groups attached to an aromatic ring is 1. The van der Waals surface area contributed by atoms with Gasteiger partial charge in [-0.1, -0.05) is 0 Å². The SMILES string of the molecule is Nc1nc(N2CCC[C@H]2C(=O)N2CCN(CCN3CCOCC3)CC2)nc2nc(-c3ccco3)nn12. The molecule has 0 aromatic carbocycles. The van der Waals surface area contributed by atoms with Crippen molar-refractivity contribution in [2.75, 3.05) is 82.8 Å². The van der Waals surface area contributed by atoms with Crippen LogP contribution in [0.1, 0.15) is 12.8 Å². The van der Waals surface area contributed by atoms with E-state index >= 15 is 0 Å². The summed E-state index contributed by atoms with van der Waals surface area (Å²) in [5.41, 5.74) is 6.19. The molecule has 6 rings (SSSR count). The number of piperazine rings is 1. The number of carbonyl (C=O) groups excluding carboxylic acids is 1. The molecule has 1 amide bonds. The molecule has 192 valence electrons. The number of aromatic nitrogens is 5. The van der Waals surface area contributed by atoms with Crippen LogP contribution in [0.4, 0.5) is 11.9 Å². The molecular formula is C23H32N10O3. The third-order valence-electron chi connectivity index (χ3n) is 7.28. The zero-order valence-corrected chi connectivity index (χ0v) is 20.3. The number of nitrogens with two attached hydrogens (primary N) is 1. The third-order valence-corrected chi connectivity index (χ3v) is 7.28. The van der Waals surface area contributed by atoms with Gasteiger partial charge in [-0.25, -0.2) is 0 Å². The third kappa shape index (κ3) is 4.61. The molecule has 0 bridgehead atoms. The number of hydrogen-bond donors (Lipinski definition) is 1. The van der Waals surface area contributed by atoms with Crippen LogP contribution in [0, 0.1) is 0 Å². The summed E-state index contributed by atoms with van der Waals surface area (Å²) in [4.78, 5) is 35.9. The summed E-state index contributed by atoms with van der Waals surface area (Å²) in [6.45, 7) is 9.72. The van der Waals surface area contributed by atoms with E-state index in [1.54, 1.807) is 18.4 Å². The molecule has 13 heteroatoms. The minimum Gasteiger partial charge on any atom is -0.461 e. The Hall–Kier alpha value is -3.29. The van der Waals surface area contributed by atoms with Crippen LogP contribution in [0.5, 0.6) is 0 Å². The molecule has 3 aromatic heterocycles.